The predicted octanol–water partition coefficient (Wildman–Crippen LogP) is 3.07. The van der Waals surface area contributed by atoms with Crippen molar-refractivity contribution in [2.45, 2.75) is 56.9 Å². The van der Waals surface area contributed by atoms with E-state index < -0.39 is 35.7 Å². The molecule has 1 aliphatic heterocycles. The highest BCUT2D eigenvalue weighted by atomic mass is 16.6. The van der Waals surface area contributed by atoms with Crippen LogP contribution in [0.3, 0.4) is 0 Å². The zero-order valence-electron chi connectivity index (χ0n) is 22.7. The molecule has 0 bridgehead atoms. The number of fused-ring (bicyclic) bond motifs is 3. The van der Waals surface area contributed by atoms with Gasteiger partial charge in [0, 0.05) is 18.9 Å². The molecule has 2 N–H and O–H groups in total. The molecule has 1 aliphatic carbocycles. The number of likely N-dealkylation sites (tertiary alicyclic amines) is 1. The smallest absolute Gasteiger partial charge is 0.410 e. The minimum absolute atomic E-state index is 0.0952. The first kappa shape index (κ1) is 27.6. The number of nitrogens with one attached hydrogen (secondary N) is 2. The summed E-state index contributed by atoms with van der Waals surface area (Å²) >= 11 is 0. The van der Waals surface area contributed by atoms with Crippen molar-refractivity contribution in [3.63, 3.8) is 0 Å². The lowest BCUT2D eigenvalue weighted by molar-refractivity contribution is -0.145. The molecule has 1 fully saturated rings. The van der Waals surface area contributed by atoms with Crippen molar-refractivity contribution < 1.29 is 28.6 Å². The Labute approximate surface area is 223 Å². The highest BCUT2D eigenvalue weighted by molar-refractivity contribution is 5.90. The van der Waals surface area contributed by atoms with Crippen LogP contribution in [-0.4, -0.2) is 80.5 Å². The second-order valence-electron chi connectivity index (χ2n) is 10.7. The molecule has 0 unspecified atom stereocenters. The molecule has 1 heterocycles. The lowest BCUT2D eigenvalue weighted by atomic mass is 9.98. The van der Waals surface area contributed by atoms with Crippen LogP contribution in [0.25, 0.3) is 11.1 Å². The summed E-state index contributed by atoms with van der Waals surface area (Å²) in [5.41, 5.74) is 4.04. The number of rotatable bonds is 8. The van der Waals surface area contributed by atoms with E-state index in [4.69, 9.17) is 14.2 Å². The van der Waals surface area contributed by atoms with Crippen LogP contribution in [0.2, 0.25) is 0 Å². The van der Waals surface area contributed by atoms with Crippen LogP contribution in [0.15, 0.2) is 48.5 Å². The van der Waals surface area contributed by atoms with Crippen molar-refractivity contribution in [2.75, 3.05) is 33.9 Å². The van der Waals surface area contributed by atoms with Crippen molar-refractivity contribution in [1.29, 1.82) is 0 Å². The Kier molecular flexibility index (Phi) is 8.38. The van der Waals surface area contributed by atoms with Crippen LogP contribution in [0.1, 0.15) is 44.2 Å². The Balaban J connectivity index is 1.50. The van der Waals surface area contributed by atoms with Gasteiger partial charge in [-0.3, -0.25) is 9.69 Å². The largest absolute Gasteiger partial charge is 0.467 e. The van der Waals surface area contributed by atoms with Gasteiger partial charge in [0.05, 0.1) is 25.4 Å². The normalized spacial score (nSPS) is 19.4. The molecule has 2 amide bonds. The van der Waals surface area contributed by atoms with Crippen molar-refractivity contribution in [1.82, 2.24) is 15.5 Å². The van der Waals surface area contributed by atoms with Gasteiger partial charge in [-0.05, 0) is 50.1 Å². The van der Waals surface area contributed by atoms with Crippen LogP contribution in [-0.2, 0) is 23.8 Å². The molecule has 3 atom stereocenters. The second-order valence-corrected chi connectivity index (χ2v) is 10.7. The summed E-state index contributed by atoms with van der Waals surface area (Å²) in [5, 5.41) is 5.60. The van der Waals surface area contributed by atoms with Crippen molar-refractivity contribution in [2.24, 2.45) is 0 Å². The number of esters is 1. The van der Waals surface area contributed by atoms with Crippen molar-refractivity contribution in [3.05, 3.63) is 59.7 Å². The number of hydrogen-bond donors (Lipinski definition) is 2. The topological polar surface area (TPSA) is 106 Å². The lowest BCUT2D eigenvalue weighted by Crippen LogP contribution is -2.53. The quantitative estimate of drug-likeness (QED) is 0.512. The van der Waals surface area contributed by atoms with E-state index in [0.717, 1.165) is 22.3 Å². The molecule has 0 aromatic heterocycles. The van der Waals surface area contributed by atoms with Crippen LogP contribution < -0.4 is 10.6 Å². The summed E-state index contributed by atoms with van der Waals surface area (Å²) in [6.07, 6.45) is -0.650. The van der Waals surface area contributed by atoms with Gasteiger partial charge in [-0.1, -0.05) is 48.5 Å². The van der Waals surface area contributed by atoms with Crippen LogP contribution >= 0.6 is 0 Å². The summed E-state index contributed by atoms with van der Waals surface area (Å²) in [7, 11) is 2.94. The lowest BCUT2D eigenvalue weighted by Gasteiger charge is -2.26. The van der Waals surface area contributed by atoms with E-state index in [9.17, 15) is 14.4 Å². The maximum absolute atomic E-state index is 13.4. The van der Waals surface area contributed by atoms with Gasteiger partial charge < -0.3 is 24.8 Å². The van der Waals surface area contributed by atoms with Gasteiger partial charge >= 0.3 is 12.1 Å². The van der Waals surface area contributed by atoms with E-state index in [0.29, 0.717) is 6.42 Å². The Morgan fingerprint density at radius 2 is 1.63 bits per heavy atom. The van der Waals surface area contributed by atoms with Crippen LogP contribution in [0, 0.1) is 0 Å². The van der Waals surface area contributed by atoms with Crippen LogP contribution in [0.5, 0.6) is 0 Å². The molecule has 9 heteroatoms. The van der Waals surface area contributed by atoms with E-state index in [-0.39, 0.29) is 31.7 Å². The molecule has 38 heavy (non-hydrogen) atoms. The third kappa shape index (κ3) is 6.00. The third-order valence-electron chi connectivity index (χ3n) is 6.87. The molecule has 4 rings (SSSR count). The minimum Gasteiger partial charge on any atom is -0.467 e. The van der Waals surface area contributed by atoms with E-state index in [1.807, 2.05) is 45.0 Å². The van der Waals surface area contributed by atoms with Gasteiger partial charge in [0.2, 0.25) is 5.91 Å². The van der Waals surface area contributed by atoms with Crippen LogP contribution in [0.4, 0.5) is 4.79 Å². The molecule has 0 radical (unpaired) electrons. The molecule has 1 saturated heterocycles. The SMILES string of the molecule is CNC[C@H](NC(=O)[C@@H]1C[C@@H](OC(C)(C)C)CN1C(=O)OCC1c2ccccc2-c2ccccc21)C(=O)OC. The van der Waals surface area contributed by atoms with Gasteiger partial charge in [-0.15, -0.1) is 0 Å². The Bertz CT molecular complexity index is 1130. The summed E-state index contributed by atoms with van der Waals surface area (Å²) in [4.78, 5) is 40.3. The fourth-order valence-corrected chi connectivity index (χ4v) is 5.32. The van der Waals surface area contributed by atoms with Gasteiger partial charge in [0.25, 0.3) is 0 Å². The Morgan fingerprint density at radius 1 is 1.03 bits per heavy atom. The van der Waals surface area contributed by atoms with E-state index in [1.54, 1.807) is 7.05 Å². The summed E-state index contributed by atoms with van der Waals surface area (Å²) < 4.78 is 16.8. The van der Waals surface area contributed by atoms with Gasteiger partial charge in [0.1, 0.15) is 18.7 Å². The van der Waals surface area contributed by atoms with Gasteiger partial charge in [-0.25, -0.2) is 9.59 Å². The second kappa shape index (κ2) is 11.5. The van der Waals surface area contributed by atoms with Gasteiger partial charge in [0.15, 0.2) is 0 Å². The summed E-state index contributed by atoms with van der Waals surface area (Å²) in [5.74, 6) is -1.12. The monoisotopic (exact) mass is 523 g/mol. The maximum Gasteiger partial charge on any atom is 0.410 e. The zero-order chi connectivity index (χ0) is 27.4. The number of carbonyl (C=O) groups is 3. The fraction of sp³-hybridized carbons (Fsp3) is 0.483. The Hall–Kier alpha value is -3.43. The number of carbonyl (C=O) groups excluding carboxylic acids is 3. The first-order valence-corrected chi connectivity index (χ1v) is 12.9. The number of ether oxygens (including phenoxy) is 3. The number of hydrogen-bond acceptors (Lipinski definition) is 7. The molecule has 0 spiro atoms. The van der Waals surface area contributed by atoms with Crippen molar-refractivity contribution >= 4 is 18.0 Å². The van der Waals surface area contributed by atoms with E-state index in [2.05, 4.69) is 34.9 Å². The summed E-state index contributed by atoms with van der Waals surface area (Å²) in [6, 6.07) is 14.5. The van der Waals surface area contributed by atoms with Crippen molar-refractivity contribution in [3.8, 4) is 11.1 Å². The minimum atomic E-state index is -0.885. The molecule has 204 valence electrons. The number of benzene rings is 2. The molecule has 9 nitrogen and oxygen atoms in total. The highest BCUT2D eigenvalue weighted by Gasteiger charge is 2.43. The number of likely N-dealkylation sites (N-methyl/N-ethyl adjacent to an activating group) is 1. The number of amides is 2. The molecule has 0 saturated carbocycles. The first-order chi connectivity index (χ1) is 18.1. The third-order valence-corrected chi connectivity index (χ3v) is 6.87. The molecular weight excluding hydrogens is 486 g/mol. The van der Waals surface area contributed by atoms with E-state index >= 15 is 0 Å². The van der Waals surface area contributed by atoms with E-state index in [1.165, 1.54) is 12.0 Å². The number of nitrogens with zero attached hydrogens (tertiary/aromatic N) is 1. The zero-order valence-corrected chi connectivity index (χ0v) is 22.7. The molecule has 2 aromatic rings. The Morgan fingerprint density at radius 3 is 2.18 bits per heavy atom. The molecular formula is C29H37N3O6. The average Bonchev–Trinajstić information content (AvgIpc) is 3.44. The fourth-order valence-electron chi connectivity index (χ4n) is 5.32. The molecule has 2 aliphatic rings. The molecule has 2 aromatic carbocycles. The summed E-state index contributed by atoms with van der Waals surface area (Å²) in [6.45, 7) is 6.33. The van der Waals surface area contributed by atoms with Gasteiger partial charge in [-0.2, -0.15) is 0 Å². The number of methoxy groups -OCH3 is 1. The first-order valence-electron chi connectivity index (χ1n) is 12.9. The highest BCUT2D eigenvalue weighted by Crippen LogP contribution is 2.44. The standard InChI is InChI=1S/C29H37N3O6/c1-29(2,3)38-18-14-25(26(33)31-24(15-30-4)27(34)36-5)32(16-18)28(35)37-17-23-21-12-8-6-10-19(21)20-11-7-9-13-22(20)23/h6-13,18,23-25,30H,14-17H2,1-5H3,(H,31,33)/t18-,24+,25+/m1/s1. The maximum atomic E-state index is 13.4. The predicted molar refractivity (Wildman–Crippen MR) is 143 cm³/mol. The average molecular weight is 524 g/mol.